The molecule has 0 spiro atoms. The average Bonchev–Trinajstić information content (AvgIpc) is 3.00. The first kappa shape index (κ1) is 24.2. The second kappa shape index (κ2) is 10.6. The minimum absolute atomic E-state index is 0.0171. The summed E-state index contributed by atoms with van der Waals surface area (Å²) in [5.41, 5.74) is 4.50. The molecule has 2 aliphatic rings. The summed E-state index contributed by atoms with van der Waals surface area (Å²) >= 11 is 0. The molecule has 2 N–H and O–H groups in total. The van der Waals surface area contributed by atoms with Crippen LogP contribution in [0.5, 0.6) is 0 Å². The number of rotatable bonds is 7. The number of β-amino-alcohol motifs (C(OH)–C–C–N with tert-alkyl or cyclic N) is 1. The molecule has 2 atom stereocenters. The predicted octanol–water partition coefficient (Wildman–Crippen LogP) is 2.53. The van der Waals surface area contributed by atoms with Crippen molar-refractivity contribution < 1.29 is 14.7 Å². The molecule has 7 nitrogen and oxygen atoms in total. The van der Waals surface area contributed by atoms with Crippen LogP contribution in [0, 0.1) is 0 Å². The molecule has 2 amide bonds. The number of hydrogen-bond acceptors (Lipinski definition) is 5. The Hall–Kier alpha value is -2.90. The normalized spacial score (nSPS) is 18.7. The van der Waals surface area contributed by atoms with Gasteiger partial charge in [-0.25, -0.2) is 0 Å². The van der Waals surface area contributed by atoms with E-state index in [9.17, 15) is 14.7 Å². The van der Waals surface area contributed by atoms with Crippen molar-refractivity contribution in [3.8, 4) is 0 Å². The number of aliphatic hydroxyl groups excluding tert-OH is 1. The number of fused-ring (bicyclic) bond motifs is 2. The SMILES string of the molecule is CCN(CC)C(=O)c1ccc2c(c1)N(CC)CCN(CC(O)[C@@H]1Cc3ccccc3CN1)C2=O. The molecule has 0 saturated carbocycles. The van der Waals surface area contributed by atoms with Gasteiger partial charge < -0.3 is 25.1 Å². The zero-order valence-corrected chi connectivity index (χ0v) is 20.5. The summed E-state index contributed by atoms with van der Waals surface area (Å²) < 4.78 is 0. The van der Waals surface area contributed by atoms with Crippen LogP contribution in [0.4, 0.5) is 5.69 Å². The van der Waals surface area contributed by atoms with Crippen molar-refractivity contribution in [1.29, 1.82) is 0 Å². The van der Waals surface area contributed by atoms with Gasteiger partial charge in [0.1, 0.15) is 0 Å². The predicted molar refractivity (Wildman–Crippen MR) is 134 cm³/mol. The first-order chi connectivity index (χ1) is 16.5. The summed E-state index contributed by atoms with van der Waals surface area (Å²) in [6.45, 7) is 10.2. The van der Waals surface area contributed by atoms with E-state index in [4.69, 9.17) is 0 Å². The zero-order valence-electron chi connectivity index (χ0n) is 20.5. The number of carbonyl (C=O) groups is 2. The fraction of sp³-hybridized carbons (Fsp3) is 0.481. The molecule has 0 radical (unpaired) electrons. The first-order valence-corrected chi connectivity index (χ1v) is 12.4. The molecule has 2 aromatic carbocycles. The minimum atomic E-state index is -0.669. The number of anilines is 1. The maximum Gasteiger partial charge on any atom is 0.256 e. The molecule has 4 rings (SSSR count). The standard InChI is InChI=1S/C27H36N4O3/c1-4-29(5-2)26(33)20-11-12-22-24(16-20)30(6-3)13-14-31(27(22)34)18-25(32)23-15-19-9-7-8-10-21(19)17-28-23/h7-12,16,23,25,28,32H,4-6,13-15,17-18H2,1-3H3/t23-,25?/m0/s1. The van der Waals surface area contributed by atoms with Gasteiger partial charge in [0.05, 0.1) is 17.4 Å². The first-order valence-electron chi connectivity index (χ1n) is 12.4. The highest BCUT2D eigenvalue weighted by Gasteiger charge is 2.31. The minimum Gasteiger partial charge on any atom is -0.390 e. The van der Waals surface area contributed by atoms with E-state index in [2.05, 4.69) is 29.3 Å². The van der Waals surface area contributed by atoms with Crippen LogP contribution < -0.4 is 10.2 Å². The second-order valence-electron chi connectivity index (χ2n) is 9.07. The van der Waals surface area contributed by atoms with E-state index in [1.54, 1.807) is 21.9 Å². The van der Waals surface area contributed by atoms with Gasteiger partial charge in [-0.2, -0.15) is 0 Å². The number of nitrogens with zero attached hydrogens (tertiary/aromatic N) is 3. The lowest BCUT2D eigenvalue weighted by Gasteiger charge is -2.33. The third kappa shape index (κ3) is 4.81. The Labute approximate surface area is 202 Å². The van der Waals surface area contributed by atoms with E-state index in [1.807, 2.05) is 32.0 Å². The van der Waals surface area contributed by atoms with Crippen LogP contribution in [0.25, 0.3) is 0 Å². The molecular weight excluding hydrogens is 428 g/mol. The Bertz CT molecular complexity index is 1040. The Balaban J connectivity index is 1.53. The van der Waals surface area contributed by atoms with Crippen molar-refractivity contribution in [3.05, 3.63) is 64.7 Å². The third-order valence-corrected chi connectivity index (χ3v) is 7.16. The molecule has 0 saturated heterocycles. The summed E-state index contributed by atoms with van der Waals surface area (Å²) in [6.07, 6.45) is 0.0749. The Morgan fingerprint density at radius 2 is 1.79 bits per heavy atom. The van der Waals surface area contributed by atoms with Crippen molar-refractivity contribution in [2.75, 3.05) is 44.2 Å². The maximum absolute atomic E-state index is 13.5. The molecule has 7 heteroatoms. The van der Waals surface area contributed by atoms with Crippen molar-refractivity contribution in [3.63, 3.8) is 0 Å². The summed E-state index contributed by atoms with van der Waals surface area (Å²) in [4.78, 5) is 32.1. The number of aliphatic hydroxyl groups is 1. The zero-order chi connectivity index (χ0) is 24.2. The van der Waals surface area contributed by atoms with Gasteiger partial charge >= 0.3 is 0 Å². The van der Waals surface area contributed by atoms with E-state index in [0.29, 0.717) is 37.3 Å². The number of likely N-dealkylation sites (N-methyl/N-ethyl adjacent to an activating group) is 1. The quantitative estimate of drug-likeness (QED) is 0.659. The van der Waals surface area contributed by atoms with E-state index in [1.165, 1.54) is 11.1 Å². The van der Waals surface area contributed by atoms with Gasteiger partial charge in [0.25, 0.3) is 11.8 Å². The third-order valence-electron chi connectivity index (χ3n) is 7.16. The molecule has 2 aliphatic heterocycles. The van der Waals surface area contributed by atoms with E-state index in [0.717, 1.165) is 25.2 Å². The molecule has 0 aromatic heterocycles. The molecule has 182 valence electrons. The van der Waals surface area contributed by atoms with Crippen molar-refractivity contribution in [1.82, 2.24) is 15.1 Å². The van der Waals surface area contributed by atoms with Gasteiger partial charge in [-0.15, -0.1) is 0 Å². The number of benzene rings is 2. The van der Waals surface area contributed by atoms with Crippen molar-refractivity contribution in [2.45, 2.75) is 45.9 Å². The van der Waals surface area contributed by atoms with Crippen LogP contribution in [-0.2, 0) is 13.0 Å². The Kier molecular flexibility index (Phi) is 7.54. The van der Waals surface area contributed by atoms with E-state index >= 15 is 0 Å². The summed E-state index contributed by atoms with van der Waals surface area (Å²) in [5.74, 6) is -0.112. The smallest absolute Gasteiger partial charge is 0.256 e. The van der Waals surface area contributed by atoms with Gasteiger partial charge in [-0.1, -0.05) is 24.3 Å². The van der Waals surface area contributed by atoms with Crippen LogP contribution >= 0.6 is 0 Å². The number of hydrogen-bond donors (Lipinski definition) is 2. The molecular formula is C27H36N4O3. The monoisotopic (exact) mass is 464 g/mol. The number of nitrogens with one attached hydrogen (secondary N) is 1. The molecule has 2 heterocycles. The number of amides is 2. The molecule has 1 unspecified atom stereocenters. The highest BCUT2D eigenvalue weighted by atomic mass is 16.3. The lowest BCUT2D eigenvalue weighted by molar-refractivity contribution is 0.0540. The van der Waals surface area contributed by atoms with Crippen LogP contribution in [0.3, 0.4) is 0 Å². The summed E-state index contributed by atoms with van der Waals surface area (Å²) in [7, 11) is 0. The molecule has 34 heavy (non-hydrogen) atoms. The van der Waals surface area contributed by atoms with Gasteiger partial charge in [0, 0.05) is 57.4 Å². The number of carbonyl (C=O) groups excluding carboxylic acids is 2. The average molecular weight is 465 g/mol. The summed E-state index contributed by atoms with van der Waals surface area (Å²) in [5, 5.41) is 14.5. The highest BCUT2D eigenvalue weighted by molar-refractivity contribution is 6.03. The van der Waals surface area contributed by atoms with E-state index < -0.39 is 6.10 Å². The van der Waals surface area contributed by atoms with Crippen LogP contribution in [0.2, 0.25) is 0 Å². The molecule has 0 bridgehead atoms. The van der Waals surface area contributed by atoms with Crippen molar-refractivity contribution in [2.24, 2.45) is 0 Å². The summed E-state index contributed by atoms with van der Waals surface area (Å²) in [6, 6.07) is 13.6. The topological polar surface area (TPSA) is 76.1 Å². The highest BCUT2D eigenvalue weighted by Crippen LogP contribution is 2.28. The molecule has 2 aromatic rings. The Morgan fingerprint density at radius 1 is 1.09 bits per heavy atom. The van der Waals surface area contributed by atoms with Gasteiger partial charge in [-0.05, 0) is 56.5 Å². The van der Waals surface area contributed by atoms with E-state index in [-0.39, 0.29) is 24.4 Å². The largest absolute Gasteiger partial charge is 0.390 e. The van der Waals surface area contributed by atoms with Gasteiger partial charge in [-0.3, -0.25) is 9.59 Å². The van der Waals surface area contributed by atoms with Crippen LogP contribution in [0.15, 0.2) is 42.5 Å². The maximum atomic E-state index is 13.5. The molecule has 0 aliphatic carbocycles. The fourth-order valence-corrected chi connectivity index (χ4v) is 5.04. The van der Waals surface area contributed by atoms with Crippen LogP contribution in [0.1, 0.15) is 52.6 Å². The second-order valence-corrected chi connectivity index (χ2v) is 9.07. The van der Waals surface area contributed by atoms with Crippen molar-refractivity contribution >= 4 is 17.5 Å². The van der Waals surface area contributed by atoms with Gasteiger partial charge in [0.2, 0.25) is 0 Å². The lowest BCUT2D eigenvalue weighted by Crippen LogP contribution is -2.50. The Morgan fingerprint density at radius 3 is 2.50 bits per heavy atom. The fourth-order valence-electron chi connectivity index (χ4n) is 5.04. The lowest BCUT2D eigenvalue weighted by atomic mass is 9.92. The van der Waals surface area contributed by atoms with Gasteiger partial charge in [0.15, 0.2) is 0 Å². The molecule has 0 fully saturated rings. The van der Waals surface area contributed by atoms with Crippen LogP contribution in [-0.4, -0.2) is 78.1 Å².